The lowest BCUT2D eigenvalue weighted by molar-refractivity contribution is 0.103. The number of thiazole rings is 1. The molecule has 2 N–H and O–H groups in total. The maximum Gasteiger partial charge on any atom is 0.267 e. The lowest BCUT2D eigenvalue weighted by atomic mass is 10.3. The Hall–Kier alpha value is -2.86. The SMILES string of the molecule is Cc1nc(NCCOc2ccccc2)sc1C(=O)Nc1ccccc1. The molecular formula is C19H19N3O2S. The molecular weight excluding hydrogens is 334 g/mol. The molecule has 0 radical (unpaired) electrons. The number of ether oxygens (including phenoxy) is 1. The van der Waals surface area contributed by atoms with Crippen LogP contribution in [-0.4, -0.2) is 24.0 Å². The molecule has 0 atom stereocenters. The van der Waals surface area contributed by atoms with Gasteiger partial charge in [-0.15, -0.1) is 0 Å². The molecule has 128 valence electrons. The quantitative estimate of drug-likeness (QED) is 0.625. The van der Waals surface area contributed by atoms with Crippen LogP contribution in [0.15, 0.2) is 60.7 Å². The predicted molar refractivity (Wildman–Crippen MR) is 102 cm³/mol. The van der Waals surface area contributed by atoms with Crippen molar-refractivity contribution in [3.63, 3.8) is 0 Å². The van der Waals surface area contributed by atoms with E-state index in [1.807, 2.05) is 67.6 Å². The summed E-state index contributed by atoms with van der Waals surface area (Å²) in [5, 5.41) is 6.79. The van der Waals surface area contributed by atoms with E-state index in [4.69, 9.17) is 4.74 Å². The Balaban J connectivity index is 1.52. The number of rotatable bonds is 7. The first kappa shape index (κ1) is 17.0. The first-order valence-corrected chi connectivity index (χ1v) is 8.79. The van der Waals surface area contributed by atoms with E-state index >= 15 is 0 Å². The molecule has 1 aromatic heterocycles. The van der Waals surface area contributed by atoms with E-state index in [0.29, 0.717) is 28.9 Å². The van der Waals surface area contributed by atoms with Gasteiger partial charge >= 0.3 is 0 Å². The number of para-hydroxylation sites is 2. The Kier molecular flexibility index (Phi) is 5.64. The summed E-state index contributed by atoms with van der Waals surface area (Å²) in [4.78, 5) is 17.4. The van der Waals surface area contributed by atoms with Gasteiger partial charge < -0.3 is 15.4 Å². The van der Waals surface area contributed by atoms with Gasteiger partial charge in [0.2, 0.25) is 0 Å². The van der Waals surface area contributed by atoms with Gasteiger partial charge in [0.1, 0.15) is 17.2 Å². The van der Waals surface area contributed by atoms with Crippen molar-refractivity contribution in [3.05, 3.63) is 71.2 Å². The fourth-order valence-electron chi connectivity index (χ4n) is 2.24. The summed E-state index contributed by atoms with van der Waals surface area (Å²) >= 11 is 1.34. The number of aryl methyl sites for hydroxylation is 1. The molecule has 0 saturated carbocycles. The summed E-state index contributed by atoms with van der Waals surface area (Å²) in [5.41, 5.74) is 1.48. The summed E-state index contributed by atoms with van der Waals surface area (Å²) in [5.74, 6) is 0.692. The monoisotopic (exact) mass is 353 g/mol. The van der Waals surface area contributed by atoms with Crippen LogP contribution in [0, 0.1) is 6.92 Å². The van der Waals surface area contributed by atoms with Gasteiger partial charge in [-0.05, 0) is 31.2 Å². The molecule has 1 heterocycles. The second-order valence-corrected chi connectivity index (χ2v) is 6.34. The largest absolute Gasteiger partial charge is 0.492 e. The van der Waals surface area contributed by atoms with Crippen LogP contribution in [0.3, 0.4) is 0 Å². The molecule has 3 rings (SSSR count). The van der Waals surface area contributed by atoms with Gasteiger partial charge in [-0.25, -0.2) is 4.98 Å². The van der Waals surface area contributed by atoms with Crippen LogP contribution in [0.25, 0.3) is 0 Å². The molecule has 0 bridgehead atoms. The fraction of sp³-hybridized carbons (Fsp3) is 0.158. The second-order valence-electron chi connectivity index (χ2n) is 5.34. The van der Waals surface area contributed by atoms with Crippen LogP contribution in [0.2, 0.25) is 0 Å². The predicted octanol–water partition coefficient (Wildman–Crippen LogP) is 4.19. The highest BCUT2D eigenvalue weighted by atomic mass is 32.1. The number of amides is 1. The smallest absolute Gasteiger partial charge is 0.267 e. The Bertz CT molecular complexity index is 819. The van der Waals surface area contributed by atoms with E-state index in [1.54, 1.807) is 0 Å². The number of carbonyl (C=O) groups excluding carboxylic acids is 1. The molecule has 25 heavy (non-hydrogen) atoms. The topological polar surface area (TPSA) is 63.3 Å². The summed E-state index contributed by atoms with van der Waals surface area (Å²) in [7, 11) is 0. The Morgan fingerprint density at radius 1 is 1.08 bits per heavy atom. The molecule has 6 heteroatoms. The lowest BCUT2D eigenvalue weighted by Crippen LogP contribution is -2.11. The minimum absolute atomic E-state index is 0.144. The van der Waals surface area contributed by atoms with E-state index in [0.717, 1.165) is 11.4 Å². The fourth-order valence-corrected chi connectivity index (χ4v) is 3.12. The third-order valence-corrected chi connectivity index (χ3v) is 4.54. The molecule has 3 aromatic rings. The highest BCUT2D eigenvalue weighted by Gasteiger charge is 2.15. The zero-order valence-electron chi connectivity index (χ0n) is 13.9. The zero-order valence-corrected chi connectivity index (χ0v) is 14.7. The van der Waals surface area contributed by atoms with Crippen molar-refractivity contribution in [2.75, 3.05) is 23.8 Å². The molecule has 0 saturated heterocycles. The van der Waals surface area contributed by atoms with Crippen LogP contribution < -0.4 is 15.4 Å². The number of benzene rings is 2. The van der Waals surface area contributed by atoms with Gasteiger partial charge in [0, 0.05) is 5.69 Å². The van der Waals surface area contributed by atoms with Crippen molar-refractivity contribution < 1.29 is 9.53 Å². The number of hydrogen-bond acceptors (Lipinski definition) is 5. The van der Waals surface area contributed by atoms with Crippen molar-refractivity contribution in [3.8, 4) is 5.75 Å². The van der Waals surface area contributed by atoms with Crippen LogP contribution in [0.5, 0.6) is 5.75 Å². The maximum atomic E-state index is 12.4. The number of anilines is 2. The molecule has 0 aliphatic carbocycles. The average Bonchev–Trinajstić information content (AvgIpc) is 3.01. The average molecular weight is 353 g/mol. The van der Waals surface area contributed by atoms with Crippen molar-refractivity contribution in [1.29, 1.82) is 0 Å². The summed E-state index contributed by atoms with van der Waals surface area (Å²) in [6, 6.07) is 19.0. The molecule has 0 aliphatic rings. The first-order valence-electron chi connectivity index (χ1n) is 7.98. The van der Waals surface area contributed by atoms with Crippen molar-refractivity contribution >= 4 is 28.1 Å². The van der Waals surface area contributed by atoms with Gasteiger partial charge in [-0.3, -0.25) is 4.79 Å². The molecule has 0 spiro atoms. The van der Waals surface area contributed by atoms with E-state index in [1.165, 1.54) is 11.3 Å². The number of nitrogens with zero attached hydrogens (tertiary/aromatic N) is 1. The normalized spacial score (nSPS) is 10.3. The van der Waals surface area contributed by atoms with Gasteiger partial charge in [-0.2, -0.15) is 0 Å². The number of carbonyl (C=O) groups is 1. The van der Waals surface area contributed by atoms with Crippen molar-refractivity contribution in [1.82, 2.24) is 4.98 Å². The number of nitrogens with one attached hydrogen (secondary N) is 2. The third-order valence-electron chi connectivity index (χ3n) is 3.42. The highest BCUT2D eigenvalue weighted by molar-refractivity contribution is 7.17. The molecule has 2 aromatic carbocycles. The summed E-state index contributed by atoms with van der Waals surface area (Å²) < 4.78 is 5.63. The lowest BCUT2D eigenvalue weighted by Gasteiger charge is -2.06. The summed E-state index contributed by atoms with van der Waals surface area (Å²) in [6.45, 7) is 2.97. The van der Waals surface area contributed by atoms with Crippen molar-refractivity contribution in [2.45, 2.75) is 6.92 Å². The first-order chi connectivity index (χ1) is 12.2. The highest BCUT2D eigenvalue weighted by Crippen LogP contribution is 2.23. The minimum Gasteiger partial charge on any atom is -0.492 e. The second kappa shape index (κ2) is 8.30. The zero-order chi connectivity index (χ0) is 17.5. The Labute approximate surface area is 150 Å². The molecule has 0 fully saturated rings. The van der Waals surface area contributed by atoms with E-state index in [9.17, 15) is 4.79 Å². The van der Waals surface area contributed by atoms with E-state index in [-0.39, 0.29) is 5.91 Å². The molecule has 1 amide bonds. The van der Waals surface area contributed by atoms with E-state index in [2.05, 4.69) is 15.6 Å². The van der Waals surface area contributed by atoms with Gasteiger partial charge in [0.05, 0.1) is 12.2 Å². The van der Waals surface area contributed by atoms with Crippen LogP contribution in [0.1, 0.15) is 15.4 Å². The molecule has 5 nitrogen and oxygen atoms in total. The Morgan fingerprint density at radius 3 is 2.48 bits per heavy atom. The Morgan fingerprint density at radius 2 is 1.76 bits per heavy atom. The maximum absolute atomic E-state index is 12.4. The van der Waals surface area contributed by atoms with Gasteiger partial charge in [0.25, 0.3) is 5.91 Å². The van der Waals surface area contributed by atoms with Crippen LogP contribution in [0.4, 0.5) is 10.8 Å². The van der Waals surface area contributed by atoms with E-state index < -0.39 is 0 Å². The number of hydrogen-bond donors (Lipinski definition) is 2. The van der Waals surface area contributed by atoms with Crippen LogP contribution in [-0.2, 0) is 0 Å². The molecule has 0 aliphatic heterocycles. The third kappa shape index (κ3) is 4.81. The van der Waals surface area contributed by atoms with Crippen molar-refractivity contribution in [2.24, 2.45) is 0 Å². The van der Waals surface area contributed by atoms with Gasteiger partial charge in [0.15, 0.2) is 5.13 Å². The standard InChI is InChI=1S/C19H19N3O2S/c1-14-17(18(23)22-15-8-4-2-5-9-15)25-19(21-14)20-12-13-24-16-10-6-3-7-11-16/h2-11H,12-13H2,1H3,(H,20,21)(H,22,23). The minimum atomic E-state index is -0.144. The molecule has 0 unspecified atom stereocenters. The number of aromatic nitrogens is 1. The van der Waals surface area contributed by atoms with Crippen LogP contribution >= 0.6 is 11.3 Å². The van der Waals surface area contributed by atoms with Gasteiger partial charge in [-0.1, -0.05) is 47.7 Å². The summed E-state index contributed by atoms with van der Waals surface area (Å²) in [6.07, 6.45) is 0.